The Labute approximate surface area is 104 Å². The number of amides is 1. The summed E-state index contributed by atoms with van der Waals surface area (Å²) in [5.74, 6) is -0.0133. The summed E-state index contributed by atoms with van der Waals surface area (Å²) >= 11 is 0. The van der Waals surface area contributed by atoms with Crippen LogP contribution < -0.4 is 5.32 Å². The smallest absolute Gasteiger partial charge is 0.408 e. The lowest BCUT2D eigenvalue weighted by Gasteiger charge is -2.25. The Morgan fingerprint density at radius 3 is 1.82 bits per heavy atom. The molecule has 4 nitrogen and oxygen atoms in total. The number of ether oxygens (including phenoxy) is 1. The molecule has 1 N–H and O–H groups in total. The van der Waals surface area contributed by atoms with Gasteiger partial charge in [-0.3, -0.25) is 4.79 Å². The van der Waals surface area contributed by atoms with Gasteiger partial charge >= 0.3 is 6.09 Å². The summed E-state index contributed by atoms with van der Waals surface area (Å²) in [6, 6.07) is -0.482. The molecule has 0 bridgehead atoms. The van der Waals surface area contributed by atoms with E-state index in [9.17, 15) is 9.59 Å². The summed E-state index contributed by atoms with van der Waals surface area (Å²) in [6.07, 6.45) is -0.537. The molecule has 4 heteroatoms. The van der Waals surface area contributed by atoms with Gasteiger partial charge in [-0.2, -0.15) is 0 Å². The Morgan fingerprint density at radius 1 is 1.06 bits per heavy atom. The number of carbonyl (C=O) groups is 2. The second-order valence-electron chi connectivity index (χ2n) is 5.92. The average molecular weight is 243 g/mol. The second kappa shape index (κ2) is 6.03. The van der Waals surface area contributed by atoms with Crippen molar-refractivity contribution in [3.63, 3.8) is 0 Å². The number of rotatable bonds is 4. The Kier molecular flexibility index (Phi) is 5.66. The molecule has 100 valence electrons. The Hall–Kier alpha value is -1.06. The normalized spacial score (nSPS) is 13.7. The fourth-order valence-corrected chi connectivity index (χ4v) is 1.36. The van der Waals surface area contributed by atoms with E-state index in [0.29, 0.717) is 0 Å². The molecule has 0 unspecified atom stereocenters. The van der Waals surface area contributed by atoms with Crippen LogP contribution in [0.25, 0.3) is 0 Å². The lowest BCUT2D eigenvalue weighted by atomic mass is 9.93. The number of hydrogen-bond donors (Lipinski definition) is 1. The Balaban J connectivity index is 4.57. The fraction of sp³-hybridized carbons (Fsp3) is 0.846. The number of hydrogen-bond acceptors (Lipinski definition) is 3. The highest BCUT2D eigenvalue weighted by Crippen LogP contribution is 2.11. The minimum atomic E-state index is -0.549. The molecule has 0 aliphatic heterocycles. The van der Waals surface area contributed by atoms with E-state index in [1.54, 1.807) is 20.8 Å². The summed E-state index contributed by atoms with van der Waals surface area (Å²) in [7, 11) is 0. The molecule has 0 radical (unpaired) electrons. The van der Waals surface area contributed by atoms with Crippen molar-refractivity contribution in [3.05, 3.63) is 0 Å². The third-order valence-corrected chi connectivity index (χ3v) is 2.21. The molecule has 0 aliphatic carbocycles. The van der Waals surface area contributed by atoms with Gasteiger partial charge in [0.1, 0.15) is 5.60 Å². The van der Waals surface area contributed by atoms with Gasteiger partial charge in [0, 0.05) is 5.92 Å². The molecule has 0 fully saturated rings. The molecule has 0 saturated heterocycles. The fourth-order valence-electron chi connectivity index (χ4n) is 1.36. The lowest BCUT2D eigenvalue weighted by Crippen LogP contribution is -2.47. The zero-order chi connectivity index (χ0) is 13.8. The largest absolute Gasteiger partial charge is 0.444 e. The topological polar surface area (TPSA) is 55.4 Å². The SMILES string of the molecule is CC(C)C(=O)[C@H](NC(=O)OC(C)(C)C)C(C)C. The van der Waals surface area contributed by atoms with Crippen molar-refractivity contribution in [2.45, 2.75) is 60.1 Å². The Morgan fingerprint density at radius 2 is 1.53 bits per heavy atom. The number of Topliss-reactive ketones (excluding diaryl/α,β-unsaturated/α-hetero) is 1. The maximum absolute atomic E-state index is 11.9. The zero-order valence-electron chi connectivity index (χ0n) is 12.0. The van der Waals surface area contributed by atoms with Crippen LogP contribution in [0.15, 0.2) is 0 Å². The van der Waals surface area contributed by atoms with Gasteiger partial charge in [-0.05, 0) is 26.7 Å². The highest BCUT2D eigenvalue weighted by Gasteiger charge is 2.28. The molecular weight excluding hydrogens is 218 g/mol. The second-order valence-corrected chi connectivity index (χ2v) is 5.92. The van der Waals surface area contributed by atoms with E-state index in [2.05, 4.69) is 5.32 Å². The maximum atomic E-state index is 11.9. The minimum Gasteiger partial charge on any atom is -0.444 e. The average Bonchev–Trinajstić information content (AvgIpc) is 2.09. The van der Waals surface area contributed by atoms with Crippen LogP contribution in [0, 0.1) is 11.8 Å². The van der Waals surface area contributed by atoms with Gasteiger partial charge in [-0.25, -0.2) is 4.79 Å². The predicted molar refractivity (Wildman–Crippen MR) is 67.8 cm³/mol. The van der Waals surface area contributed by atoms with Crippen molar-refractivity contribution in [2.75, 3.05) is 0 Å². The van der Waals surface area contributed by atoms with Crippen molar-refractivity contribution >= 4 is 11.9 Å². The van der Waals surface area contributed by atoms with Gasteiger partial charge in [0.15, 0.2) is 5.78 Å². The third kappa shape index (κ3) is 6.29. The first-order valence-electron chi connectivity index (χ1n) is 6.08. The van der Waals surface area contributed by atoms with Crippen LogP contribution in [0.5, 0.6) is 0 Å². The molecule has 1 atom stereocenters. The maximum Gasteiger partial charge on any atom is 0.408 e. The first-order valence-corrected chi connectivity index (χ1v) is 6.08. The van der Waals surface area contributed by atoms with Crippen LogP contribution in [0.3, 0.4) is 0 Å². The third-order valence-electron chi connectivity index (χ3n) is 2.21. The van der Waals surface area contributed by atoms with E-state index < -0.39 is 17.7 Å². The summed E-state index contributed by atoms with van der Waals surface area (Å²) in [6.45, 7) is 12.8. The van der Waals surface area contributed by atoms with Gasteiger partial charge in [-0.1, -0.05) is 27.7 Å². The van der Waals surface area contributed by atoms with E-state index in [0.717, 1.165) is 0 Å². The highest BCUT2D eigenvalue weighted by atomic mass is 16.6. The quantitative estimate of drug-likeness (QED) is 0.826. The molecule has 0 aliphatic rings. The molecule has 0 spiro atoms. The van der Waals surface area contributed by atoms with Crippen molar-refractivity contribution in [2.24, 2.45) is 11.8 Å². The van der Waals surface area contributed by atoms with Crippen LogP contribution >= 0.6 is 0 Å². The summed E-state index contributed by atoms with van der Waals surface area (Å²) < 4.78 is 5.15. The number of alkyl carbamates (subject to hydrolysis) is 1. The summed E-state index contributed by atoms with van der Waals surface area (Å²) in [4.78, 5) is 23.5. The van der Waals surface area contributed by atoms with Crippen molar-refractivity contribution < 1.29 is 14.3 Å². The first kappa shape index (κ1) is 15.9. The van der Waals surface area contributed by atoms with Crippen LogP contribution in [0.1, 0.15) is 48.5 Å². The number of carbonyl (C=O) groups excluding carboxylic acids is 2. The Bertz CT molecular complexity index is 277. The molecule has 0 aromatic carbocycles. The molecule has 0 heterocycles. The molecule has 0 aromatic heterocycles. The van der Waals surface area contributed by atoms with Gasteiger partial charge in [0.25, 0.3) is 0 Å². The van der Waals surface area contributed by atoms with Crippen LogP contribution in [0.2, 0.25) is 0 Å². The van der Waals surface area contributed by atoms with E-state index >= 15 is 0 Å². The standard InChI is InChI=1S/C13H25NO3/c1-8(2)10(11(15)9(3)4)14-12(16)17-13(5,6)7/h8-10H,1-7H3,(H,14,16)/t10-/m1/s1. The first-order chi connectivity index (χ1) is 7.54. The van der Waals surface area contributed by atoms with Gasteiger partial charge in [0.2, 0.25) is 0 Å². The predicted octanol–water partition coefficient (Wildman–Crippen LogP) is 2.76. The highest BCUT2D eigenvalue weighted by molar-refractivity contribution is 5.89. The van der Waals surface area contributed by atoms with Crippen LogP contribution in [-0.2, 0) is 9.53 Å². The monoisotopic (exact) mass is 243 g/mol. The van der Waals surface area contributed by atoms with Gasteiger partial charge in [-0.15, -0.1) is 0 Å². The molecule has 1 amide bonds. The van der Waals surface area contributed by atoms with Crippen molar-refractivity contribution in [1.29, 1.82) is 0 Å². The minimum absolute atomic E-state index is 0.0332. The number of nitrogens with one attached hydrogen (secondary N) is 1. The zero-order valence-corrected chi connectivity index (χ0v) is 12.0. The molecule has 17 heavy (non-hydrogen) atoms. The molecule has 0 aromatic rings. The van der Waals surface area contributed by atoms with E-state index in [4.69, 9.17) is 4.74 Å². The van der Waals surface area contributed by atoms with Gasteiger partial charge < -0.3 is 10.1 Å². The number of ketones is 1. The van der Waals surface area contributed by atoms with Crippen molar-refractivity contribution in [1.82, 2.24) is 5.32 Å². The molecule has 0 saturated carbocycles. The van der Waals surface area contributed by atoms with Crippen LogP contribution in [0.4, 0.5) is 4.79 Å². The summed E-state index contributed by atoms with van der Waals surface area (Å²) in [5.41, 5.74) is -0.549. The lowest BCUT2D eigenvalue weighted by molar-refractivity contribution is -0.125. The van der Waals surface area contributed by atoms with E-state index in [1.807, 2.05) is 27.7 Å². The van der Waals surface area contributed by atoms with Crippen LogP contribution in [-0.4, -0.2) is 23.5 Å². The summed E-state index contributed by atoms with van der Waals surface area (Å²) in [5, 5.41) is 2.64. The molecule has 0 rings (SSSR count). The van der Waals surface area contributed by atoms with Crippen molar-refractivity contribution in [3.8, 4) is 0 Å². The van der Waals surface area contributed by atoms with E-state index in [-0.39, 0.29) is 17.6 Å². The molecular formula is C13H25NO3. The van der Waals surface area contributed by atoms with Gasteiger partial charge in [0.05, 0.1) is 6.04 Å². The van der Waals surface area contributed by atoms with E-state index in [1.165, 1.54) is 0 Å².